The van der Waals surface area contributed by atoms with E-state index >= 15 is 0 Å². The molecule has 4 heteroatoms. The fourth-order valence-electron chi connectivity index (χ4n) is 1.31. The number of aldehydes is 1. The summed E-state index contributed by atoms with van der Waals surface area (Å²) in [7, 11) is 0. The standard InChI is InChI=1S/C10H15ClN2O/c1-4-7(3)13-10(11)8(6-14)9(5-2)12-13/h6-7H,4-5H2,1-3H3. The lowest BCUT2D eigenvalue weighted by Crippen LogP contribution is -2.06. The molecule has 0 bridgehead atoms. The van der Waals surface area contributed by atoms with Gasteiger partial charge in [-0.1, -0.05) is 25.4 Å². The molecule has 1 aromatic heterocycles. The Labute approximate surface area is 89.1 Å². The molecule has 0 N–H and O–H groups in total. The molecule has 0 aromatic carbocycles. The molecule has 1 rings (SSSR count). The lowest BCUT2D eigenvalue weighted by Gasteiger charge is -2.09. The van der Waals surface area contributed by atoms with Crippen molar-refractivity contribution in [3.8, 4) is 0 Å². The highest BCUT2D eigenvalue weighted by molar-refractivity contribution is 6.32. The van der Waals surface area contributed by atoms with Gasteiger partial charge in [0.15, 0.2) is 6.29 Å². The van der Waals surface area contributed by atoms with Crippen molar-refractivity contribution >= 4 is 17.9 Å². The molecular weight excluding hydrogens is 200 g/mol. The van der Waals surface area contributed by atoms with Crippen LogP contribution in [0.2, 0.25) is 5.15 Å². The molecule has 14 heavy (non-hydrogen) atoms. The Morgan fingerprint density at radius 1 is 1.57 bits per heavy atom. The van der Waals surface area contributed by atoms with Gasteiger partial charge in [-0.3, -0.25) is 9.48 Å². The largest absolute Gasteiger partial charge is 0.298 e. The first-order chi connectivity index (χ1) is 6.65. The maximum Gasteiger partial charge on any atom is 0.155 e. The maximum atomic E-state index is 10.8. The SMILES string of the molecule is CCc1nn(C(C)CC)c(Cl)c1C=O. The van der Waals surface area contributed by atoms with Gasteiger partial charge in [-0.25, -0.2) is 0 Å². The highest BCUT2D eigenvalue weighted by Crippen LogP contribution is 2.23. The number of aryl methyl sites for hydroxylation is 1. The van der Waals surface area contributed by atoms with Crippen LogP contribution in [0, 0.1) is 0 Å². The van der Waals surface area contributed by atoms with Gasteiger partial charge in [0.2, 0.25) is 0 Å². The highest BCUT2D eigenvalue weighted by atomic mass is 35.5. The molecule has 0 aliphatic rings. The third-order valence-corrected chi connectivity index (χ3v) is 2.80. The summed E-state index contributed by atoms with van der Waals surface area (Å²) < 4.78 is 1.73. The summed E-state index contributed by atoms with van der Waals surface area (Å²) in [6.07, 6.45) is 2.47. The van der Waals surface area contributed by atoms with Gasteiger partial charge in [-0.15, -0.1) is 0 Å². The molecule has 1 heterocycles. The minimum Gasteiger partial charge on any atom is -0.298 e. The molecule has 0 aliphatic heterocycles. The lowest BCUT2D eigenvalue weighted by molar-refractivity contribution is 0.112. The number of nitrogens with zero attached hydrogens (tertiary/aromatic N) is 2. The van der Waals surface area contributed by atoms with Crippen LogP contribution in [0.25, 0.3) is 0 Å². The molecule has 0 radical (unpaired) electrons. The first-order valence-electron chi connectivity index (χ1n) is 4.87. The van der Waals surface area contributed by atoms with E-state index in [2.05, 4.69) is 12.0 Å². The fourth-order valence-corrected chi connectivity index (χ4v) is 1.67. The van der Waals surface area contributed by atoms with Crippen molar-refractivity contribution in [3.05, 3.63) is 16.4 Å². The van der Waals surface area contributed by atoms with Crippen LogP contribution in [-0.2, 0) is 6.42 Å². The van der Waals surface area contributed by atoms with Crippen molar-refractivity contribution in [1.29, 1.82) is 0 Å². The molecule has 0 saturated carbocycles. The first kappa shape index (κ1) is 11.2. The van der Waals surface area contributed by atoms with E-state index in [-0.39, 0.29) is 6.04 Å². The van der Waals surface area contributed by atoms with Gasteiger partial charge in [-0.05, 0) is 19.8 Å². The Bertz CT molecular complexity index is 333. The normalized spacial score (nSPS) is 12.9. The van der Waals surface area contributed by atoms with E-state index in [1.807, 2.05) is 13.8 Å². The van der Waals surface area contributed by atoms with Crippen LogP contribution in [-0.4, -0.2) is 16.1 Å². The Morgan fingerprint density at radius 3 is 2.57 bits per heavy atom. The van der Waals surface area contributed by atoms with Crippen molar-refractivity contribution in [2.75, 3.05) is 0 Å². The van der Waals surface area contributed by atoms with E-state index < -0.39 is 0 Å². The summed E-state index contributed by atoms with van der Waals surface area (Å²) in [5.41, 5.74) is 1.32. The summed E-state index contributed by atoms with van der Waals surface area (Å²) in [5.74, 6) is 0. The van der Waals surface area contributed by atoms with Crippen LogP contribution in [0.15, 0.2) is 0 Å². The van der Waals surface area contributed by atoms with Crippen molar-refractivity contribution in [2.45, 2.75) is 39.7 Å². The minimum atomic E-state index is 0.237. The molecule has 1 unspecified atom stereocenters. The number of hydrogen-bond donors (Lipinski definition) is 0. The van der Waals surface area contributed by atoms with Crippen LogP contribution in [0.4, 0.5) is 0 Å². The Balaban J connectivity index is 3.20. The smallest absolute Gasteiger partial charge is 0.155 e. The van der Waals surface area contributed by atoms with Crippen molar-refractivity contribution in [3.63, 3.8) is 0 Å². The average Bonchev–Trinajstić information content (AvgIpc) is 2.53. The van der Waals surface area contributed by atoms with Gasteiger partial charge in [0.25, 0.3) is 0 Å². The van der Waals surface area contributed by atoms with E-state index in [4.69, 9.17) is 11.6 Å². The topological polar surface area (TPSA) is 34.9 Å². The molecule has 0 aliphatic carbocycles. The van der Waals surface area contributed by atoms with Crippen molar-refractivity contribution < 1.29 is 4.79 Å². The van der Waals surface area contributed by atoms with Gasteiger partial charge in [0.1, 0.15) is 5.15 Å². The minimum absolute atomic E-state index is 0.237. The van der Waals surface area contributed by atoms with E-state index in [1.165, 1.54) is 0 Å². The van der Waals surface area contributed by atoms with Crippen LogP contribution < -0.4 is 0 Å². The molecule has 78 valence electrons. The second-order valence-electron chi connectivity index (χ2n) is 3.32. The zero-order valence-electron chi connectivity index (χ0n) is 8.75. The Morgan fingerprint density at radius 2 is 2.21 bits per heavy atom. The molecule has 1 atom stereocenters. The first-order valence-corrected chi connectivity index (χ1v) is 5.25. The average molecular weight is 215 g/mol. The monoisotopic (exact) mass is 214 g/mol. The fraction of sp³-hybridized carbons (Fsp3) is 0.600. The lowest BCUT2D eigenvalue weighted by atomic mass is 10.2. The van der Waals surface area contributed by atoms with Crippen molar-refractivity contribution in [2.24, 2.45) is 0 Å². The zero-order valence-corrected chi connectivity index (χ0v) is 9.51. The second-order valence-corrected chi connectivity index (χ2v) is 3.68. The molecular formula is C10H15ClN2O. The maximum absolute atomic E-state index is 10.8. The molecule has 0 amide bonds. The molecule has 0 fully saturated rings. The van der Waals surface area contributed by atoms with Gasteiger partial charge >= 0.3 is 0 Å². The van der Waals surface area contributed by atoms with Crippen molar-refractivity contribution in [1.82, 2.24) is 9.78 Å². The molecule has 0 saturated heterocycles. The molecule has 0 spiro atoms. The van der Waals surface area contributed by atoms with E-state index in [1.54, 1.807) is 4.68 Å². The summed E-state index contributed by atoms with van der Waals surface area (Å²) in [5, 5.41) is 4.79. The van der Waals surface area contributed by atoms with Gasteiger partial charge < -0.3 is 0 Å². The number of carbonyl (C=O) groups excluding carboxylic acids is 1. The van der Waals surface area contributed by atoms with Gasteiger partial charge in [0, 0.05) is 0 Å². The summed E-state index contributed by atoms with van der Waals surface area (Å²) in [4.78, 5) is 10.8. The van der Waals surface area contributed by atoms with Gasteiger partial charge in [-0.2, -0.15) is 5.10 Å². The number of hydrogen-bond acceptors (Lipinski definition) is 2. The summed E-state index contributed by atoms with van der Waals surface area (Å²) >= 11 is 6.05. The third kappa shape index (κ3) is 1.82. The van der Waals surface area contributed by atoms with Crippen LogP contribution in [0.1, 0.15) is 49.3 Å². The van der Waals surface area contributed by atoms with Crippen LogP contribution >= 0.6 is 11.6 Å². The molecule has 3 nitrogen and oxygen atoms in total. The second kappa shape index (κ2) is 4.60. The summed E-state index contributed by atoms with van der Waals surface area (Å²) in [6, 6.07) is 0.237. The number of carbonyl (C=O) groups is 1. The number of aromatic nitrogens is 2. The van der Waals surface area contributed by atoms with Crippen LogP contribution in [0.5, 0.6) is 0 Å². The van der Waals surface area contributed by atoms with E-state index in [0.717, 1.165) is 24.8 Å². The van der Waals surface area contributed by atoms with E-state index in [0.29, 0.717) is 10.7 Å². The Hall–Kier alpha value is -0.830. The predicted octanol–water partition coefficient (Wildman–Crippen LogP) is 2.88. The zero-order chi connectivity index (χ0) is 10.7. The Kier molecular flexibility index (Phi) is 3.69. The highest BCUT2D eigenvalue weighted by Gasteiger charge is 2.16. The number of halogens is 1. The van der Waals surface area contributed by atoms with Gasteiger partial charge in [0.05, 0.1) is 17.3 Å². The molecule has 1 aromatic rings. The van der Waals surface area contributed by atoms with Crippen LogP contribution in [0.3, 0.4) is 0 Å². The van der Waals surface area contributed by atoms with E-state index in [9.17, 15) is 4.79 Å². The number of rotatable bonds is 4. The predicted molar refractivity (Wildman–Crippen MR) is 57.0 cm³/mol. The third-order valence-electron chi connectivity index (χ3n) is 2.42. The summed E-state index contributed by atoms with van der Waals surface area (Å²) in [6.45, 7) is 6.06. The quantitative estimate of drug-likeness (QED) is 0.723.